The molecule has 2 amide bonds. The summed E-state index contributed by atoms with van der Waals surface area (Å²) < 4.78 is 11.0. The lowest BCUT2D eigenvalue weighted by atomic mass is 9.93. The zero-order valence-electron chi connectivity index (χ0n) is 23.0. The van der Waals surface area contributed by atoms with Crippen molar-refractivity contribution in [1.82, 2.24) is 9.80 Å². The summed E-state index contributed by atoms with van der Waals surface area (Å²) in [5.74, 6) is 1.91. The van der Waals surface area contributed by atoms with Gasteiger partial charge in [0.05, 0.1) is 13.2 Å². The van der Waals surface area contributed by atoms with Gasteiger partial charge in [0.2, 0.25) is 11.8 Å². The third-order valence-electron chi connectivity index (χ3n) is 7.83. The molecule has 0 aromatic heterocycles. The minimum atomic E-state index is -0.433. The lowest BCUT2D eigenvalue weighted by Crippen LogP contribution is -2.62. The molecule has 0 saturated carbocycles. The first-order valence-electron chi connectivity index (χ1n) is 14.4. The highest BCUT2D eigenvalue weighted by atomic mass is 16.6. The van der Waals surface area contributed by atoms with E-state index >= 15 is 0 Å². The molecule has 0 N–H and O–H groups in total. The van der Waals surface area contributed by atoms with E-state index < -0.39 is 6.04 Å². The van der Waals surface area contributed by atoms with Crippen molar-refractivity contribution in [1.29, 1.82) is 0 Å². The number of amides is 2. The van der Waals surface area contributed by atoms with Crippen molar-refractivity contribution in [3.05, 3.63) is 29.8 Å². The van der Waals surface area contributed by atoms with Crippen molar-refractivity contribution >= 4 is 11.8 Å². The molecule has 1 aromatic rings. The Morgan fingerprint density at radius 3 is 2.11 bits per heavy atom. The van der Waals surface area contributed by atoms with Crippen molar-refractivity contribution in [3.8, 4) is 5.75 Å². The van der Waals surface area contributed by atoms with Crippen molar-refractivity contribution < 1.29 is 19.1 Å². The standard InChI is InChI=1S/C30H48N2O4/c1-5-9-11-23(7-3)18-31-20-29(33)32(19-24(8-4)12-10-6-2)28(30(31)34)17-25-13-15-26(16-14-25)35-21-27-22-36-27/h13-16,23-24,27-28H,5-12,17-22H2,1-4H3. The summed E-state index contributed by atoms with van der Waals surface area (Å²) in [6.45, 7) is 11.7. The number of hydrogen-bond acceptors (Lipinski definition) is 4. The largest absolute Gasteiger partial charge is 0.491 e. The van der Waals surface area contributed by atoms with Crippen LogP contribution in [0.1, 0.15) is 84.6 Å². The predicted octanol–water partition coefficient (Wildman–Crippen LogP) is 5.48. The molecule has 4 unspecified atom stereocenters. The van der Waals surface area contributed by atoms with Gasteiger partial charge in [-0.3, -0.25) is 9.59 Å². The molecule has 36 heavy (non-hydrogen) atoms. The lowest BCUT2D eigenvalue weighted by molar-refractivity contribution is -0.157. The molecule has 6 nitrogen and oxygen atoms in total. The van der Waals surface area contributed by atoms with Gasteiger partial charge < -0.3 is 19.3 Å². The summed E-state index contributed by atoms with van der Waals surface area (Å²) in [6, 6.07) is 7.55. The smallest absolute Gasteiger partial charge is 0.246 e. The average molecular weight is 501 g/mol. The van der Waals surface area contributed by atoms with Gasteiger partial charge in [0.15, 0.2) is 0 Å². The van der Waals surface area contributed by atoms with Crippen LogP contribution in [0.15, 0.2) is 24.3 Å². The van der Waals surface area contributed by atoms with Gasteiger partial charge in [0.25, 0.3) is 0 Å². The molecule has 1 aromatic carbocycles. The summed E-state index contributed by atoms with van der Waals surface area (Å²) in [7, 11) is 0. The molecule has 4 atom stereocenters. The van der Waals surface area contributed by atoms with Gasteiger partial charge >= 0.3 is 0 Å². The Morgan fingerprint density at radius 1 is 0.944 bits per heavy atom. The average Bonchev–Trinajstić information content (AvgIpc) is 3.72. The van der Waals surface area contributed by atoms with Crippen LogP contribution in [0.4, 0.5) is 0 Å². The summed E-state index contributed by atoms with van der Waals surface area (Å²) >= 11 is 0. The maximum absolute atomic E-state index is 13.8. The Bertz CT molecular complexity index is 808. The quantitative estimate of drug-likeness (QED) is 0.266. The lowest BCUT2D eigenvalue weighted by Gasteiger charge is -2.42. The molecule has 2 aliphatic heterocycles. The Hall–Kier alpha value is -2.08. The van der Waals surface area contributed by atoms with E-state index in [2.05, 4.69) is 27.7 Å². The molecule has 0 aliphatic carbocycles. The molecule has 2 heterocycles. The first-order chi connectivity index (χ1) is 17.5. The van der Waals surface area contributed by atoms with Crippen LogP contribution in [0.25, 0.3) is 0 Å². The number of carbonyl (C=O) groups excluding carboxylic acids is 2. The number of piperazine rings is 1. The molecule has 6 heteroatoms. The third kappa shape index (κ3) is 8.50. The van der Waals surface area contributed by atoms with Gasteiger partial charge in [0, 0.05) is 19.5 Å². The molecular weight excluding hydrogens is 452 g/mol. The molecule has 2 fully saturated rings. The number of unbranched alkanes of at least 4 members (excludes halogenated alkanes) is 2. The SMILES string of the molecule is CCCCC(CC)CN1CC(=O)N(CC(CC)CCCC)C(Cc2ccc(OCC3CO3)cc2)C1=O. The van der Waals surface area contributed by atoms with E-state index in [9.17, 15) is 9.59 Å². The van der Waals surface area contributed by atoms with E-state index in [-0.39, 0.29) is 24.5 Å². The van der Waals surface area contributed by atoms with Gasteiger partial charge in [-0.15, -0.1) is 0 Å². The van der Waals surface area contributed by atoms with Gasteiger partial charge in [-0.05, 0) is 42.4 Å². The van der Waals surface area contributed by atoms with E-state index in [4.69, 9.17) is 9.47 Å². The minimum Gasteiger partial charge on any atom is -0.491 e. The molecule has 0 radical (unpaired) electrons. The number of carbonyl (C=O) groups is 2. The number of nitrogens with zero attached hydrogens (tertiary/aromatic N) is 2. The fourth-order valence-corrected chi connectivity index (χ4v) is 5.15. The second-order valence-corrected chi connectivity index (χ2v) is 10.7. The molecule has 3 rings (SSSR count). The first-order valence-corrected chi connectivity index (χ1v) is 14.4. The monoisotopic (exact) mass is 500 g/mol. The van der Waals surface area contributed by atoms with Gasteiger partial charge in [-0.25, -0.2) is 0 Å². The Balaban J connectivity index is 1.74. The Labute approximate surface area is 218 Å². The number of epoxide rings is 1. The zero-order chi connectivity index (χ0) is 25.9. The predicted molar refractivity (Wildman–Crippen MR) is 144 cm³/mol. The van der Waals surface area contributed by atoms with Crippen molar-refractivity contribution in [2.24, 2.45) is 11.8 Å². The Morgan fingerprint density at radius 2 is 1.56 bits per heavy atom. The third-order valence-corrected chi connectivity index (χ3v) is 7.83. The van der Waals surface area contributed by atoms with Crippen LogP contribution in [-0.4, -0.2) is 66.6 Å². The van der Waals surface area contributed by atoms with Gasteiger partial charge in [-0.1, -0.05) is 78.4 Å². The van der Waals surface area contributed by atoms with Crippen molar-refractivity contribution in [3.63, 3.8) is 0 Å². The van der Waals surface area contributed by atoms with Crippen LogP contribution in [-0.2, 0) is 20.7 Å². The van der Waals surface area contributed by atoms with E-state index in [0.717, 1.165) is 62.9 Å². The highest BCUT2D eigenvalue weighted by molar-refractivity contribution is 5.95. The number of benzene rings is 1. The van der Waals surface area contributed by atoms with Crippen LogP contribution < -0.4 is 4.74 Å². The second-order valence-electron chi connectivity index (χ2n) is 10.7. The van der Waals surface area contributed by atoms with Crippen LogP contribution in [0.5, 0.6) is 5.75 Å². The summed E-state index contributed by atoms with van der Waals surface area (Å²) in [4.78, 5) is 31.1. The van der Waals surface area contributed by atoms with E-state index in [1.807, 2.05) is 34.1 Å². The normalized spacial score (nSPS) is 21.6. The van der Waals surface area contributed by atoms with Gasteiger partial charge in [-0.2, -0.15) is 0 Å². The maximum Gasteiger partial charge on any atom is 0.246 e. The highest BCUT2D eigenvalue weighted by Crippen LogP contribution is 2.25. The zero-order valence-corrected chi connectivity index (χ0v) is 23.0. The van der Waals surface area contributed by atoms with Gasteiger partial charge in [0.1, 0.15) is 24.5 Å². The van der Waals surface area contributed by atoms with Crippen molar-refractivity contribution in [2.75, 3.05) is 32.8 Å². The maximum atomic E-state index is 13.8. The van der Waals surface area contributed by atoms with Crippen LogP contribution in [0.2, 0.25) is 0 Å². The second kappa shape index (κ2) is 14.6. The summed E-state index contributed by atoms with van der Waals surface area (Å²) in [6.07, 6.45) is 9.68. The molecule has 2 saturated heterocycles. The topological polar surface area (TPSA) is 62.4 Å². The number of hydrogen-bond donors (Lipinski definition) is 0. The molecule has 0 spiro atoms. The summed E-state index contributed by atoms with van der Waals surface area (Å²) in [5.41, 5.74) is 1.06. The highest BCUT2D eigenvalue weighted by Gasteiger charge is 2.40. The molecule has 0 bridgehead atoms. The molecule has 202 valence electrons. The Kier molecular flexibility index (Phi) is 11.6. The molecular formula is C30H48N2O4. The van der Waals surface area contributed by atoms with Crippen LogP contribution in [0.3, 0.4) is 0 Å². The summed E-state index contributed by atoms with van der Waals surface area (Å²) in [5, 5.41) is 0. The number of rotatable bonds is 17. The van der Waals surface area contributed by atoms with E-state index in [0.29, 0.717) is 38.0 Å². The van der Waals surface area contributed by atoms with E-state index in [1.54, 1.807) is 0 Å². The molecule has 2 aliphatic rings. The van der Waals surface area contributed by atoms with Crippen LogP contribution >= 0.6 is 0 Å². The van der Waals surface area contributed by atoms with Crippen molar-refractivity contribution in [2.45, 2.75) is 97.6 Å². The van der Waals surface area contributed by atoms with Crippen LogP contribution in [0, 0.1) is 11.8 Å². The minimum absolute atomic E-state index is 0.101. The fraction of sp³-hybridized carbons (Fsp3) is 0.733. The number of ether oxygens (including phenoxy) is 2. The first kappa shape index (κ1) is 28.5. The van der Waals surface area contributed by atoms with E-state index in [1.165, 1.54) is 6.42 Å². The fourth-order valence-electron chi connectivity index (χ4n) is 5.15.